The molecule has 0 aliphatic carbocycles. The molecule has 0 aromatic carbocycles. The molecule has 4 nitrogen and oxygen atoms in total. The maximum atomic E-state index is 5.84. The van der Waals surface area contributed by atoms with Crippen molar-refractivity contribution in [2.24, 2.45) is 0 Å². The molecule has 0 amide bonds. The highest BCUT2D eigenvalue weighted by molar-refractivity contribution is 5.53. The van der Waals surface area contributed by atoms with Gasteiger partial charge in [-0.2, -0.15) is 0 Å². The van der Waals surface area contributed by atoms with Crippen molar-refractivity contribution < 1.29 is 4.74 Å². The van der Waals surface area contributed by atoms with Crippen LogP contribution in [0.4, 0.5) is 0 Å². The topological polar surface area (TPSA) is 47.9 Å². The van der Waals surface area contributed by atoms with E-state index in [2.05, 4.69) is 40.9 Å². The SMILES string of the molecule is CCCCCCCCCCCCOc1cnc(-c2ccc(CCCCCCCCCC)nc2)nc1. The minimum atomic E-state index is 0.711. The van der Waals surface area contributed by atoms with Crippen molar-refractivity contribution in [2.45, 2.75) is 136 Å². The third-order valence-electron chi connectivity index (χ3n) is 6.76. The lowest BCUT2D eigenvalue weighted by atomic mass is 10.1. The highest BCUT2D eigenvalue weighted by Crippen LogP contribution is 2.18. The van der Waals surface area contributed by atoms with Crippen LogP contribution in [0.2, 0.25) is 0 Å². The lowest BCUT2D eigenvalue weighted by molar-refractivity contribution is 0.302. The second-order valence-electron chi connectivity index (χ2n) is 10.0. The van der Waals surface area contributed by atoms with E-state index in [4.69, 9.17) is 4.74 Å². The van der Waals surface area contributed by atoms with E-state index in [9.17, 15) is 0 Å². The van der Waals surface area contributed by atoms with Gasteiger partial charge in [-0.15, -0.1) is 0 Å². The van der Waals surface area contributed by atoms with Crippen LogP contribution in [0.1, 0.15) is 135 Å². The number of hydrogen-bond donors (Lipinski definition) is 0. The maximum absolute atomic E-state index is 5.84. The van der Waals surface area contributed by atoms with Gasteiger partial charge >= 0.3 is 0 Å². The Kier molecular flexibility index (Phi) is 16.9. The summed E-state index contributed by atoms with van der Waals surface area (Å²) in [5.74, 6) is 1.46. The van der Waals surface area contributed by atoms with Crippen LogP contribution in [-0.4, -0.2) is 21.6 Å². The molecule has 35 heavy (non-hydrogen) atoms. The highest BCUT2D eigenvalue weighted by atomic mass is 16.5. The molecule has 0 atom stereocenters. The van der Waals surface area contributed by atoms with Crippen molar-refractivity contribution in [3.8, 4) is 17.1 Å². The van der Waals surface area contributed by atoms with Gasteiger partial charge in [-0.1, -0.05) is 117 Å². The van der Waals surface area contributed by atoms with Crippen molar-refractivity contribution in [2.75, 3.05) is 6.61 Å². The summed E-state index contributed by atoms with van der Waals surface area (Å²) in [5.41, 5.74) is 2.13. The Balaban J connectivity index is 1.54. The monoisotopic (exact) mass is 481 g/mol. The summed E-state index contributed by atoms with van der Waals surface area (Å²) in [6, 6.07) is 4.21. The molecule has 2 aromatic rings. The summed E-state index contributed by atoms with van der Waals surface area (Å²) in [7, 11) is 0. The van der Waals surface area contributed by atoms with Crippen molar-refractivity contribution >= 4 is 0 Å². The van der Waals surface area contributed by atoms with E-state index in [1.54, 1.807) is 12.4 Å². The highest BCUT2D eigenvalue weighted by Gasteiger charge is 2.04. The second kappa shape index (κ2) is 20.2. The molecule has 0 aliphatic heterocycles. The zero-order chi connectivity index (χ0) is 24.8. The Morgan fingerprint density at radius 1 is 0.543 bits per heavy atom. The number of unbranched alkanes of at least 4 members (excludes halogenated alkanes) is 16. The Morgan fingerprint density at radius 3 is 1.57 bits per heavy atom. The maximum Gasteiger partial charge on any atom is 0.160 e. The van der Waals surface area contributed by atoms with Crippen LogP contribution >= 0.6 is 0 Å². The number of aryl methyl sites for hydroxylation is 1. The van der Waals surface area contributed by atoms with Crippen molar-refractivity contribution in [3.63, 3.8) is 0 Å². The quantitative estimate of drug-likeness (QED) is 0.157. The number of pyridine rings is 1. The van der Waals surface area contributed by atoms with Gasteiger partial charge in [0.05, 0.1) is 19.0 Å². The summed E-state index contributed by atoms with van der Waals surface area (Å²) >= 11 is 0. The smallest absolute Gasteiger partial charge is 0.160 e. The summed E-state index contributed by atoms with van der Waals surface area (Å²) in [4.78, 5) is 13.6. The number of aromatic nitrogens is 3. The van der Waals surface area contributed by atoms with E-state index in [0.717, 1.165) is 36.5 Å². The molecule has 0 N–H and O–H groups in total. The first-order valence-corrected chi connectivity index (χ1v) is 14.7. The van der Waals surface area contributed by atoms with Gasteiger partial charge in [0.15, 0.2) is 11.6 Å². The van der Waals surface area contributed by atoms with Crippen LogP contribution in [0.25, 0.3) is 11.4 Å². The zero-order valence-corrected chi connectivity index (χ0v) is 22.8. The summed E-state index contributed by atoms with van der Waals surface area (Å²) in [6.45, 7) is 5.29. The van der Waals surface area contributed by atoms with E-state index >= 15 is 0 Å². The van der Waals surface area contributed by atoms with E-state index in [-0.39, 0.29) is 0 Å². The first kappa shape index (κ1) is 29.3. The van der Waals surface area contributed by atoms with Gasteiger partial charge in [-0.3, -0.25) is 4.98 Å². The van der Waals surface area contributed by atoms with E-state index < -0.39 is 0 Å². The fraction of sp³-hybridized carbons (Fsp3) is 0.710. The second-order valence-corrected chi connectivity index (χ2v) is 10.0. The Hall–Kier alpha value is -1.97. The Morgan fingerprint density at radius 2 is 1.06 bits per heavy atom. The predicted octanol–water partition coefficient (Wildman–Crippen LogP) is 9.52. The molecule has 0 saturated heterocycles. The number of nitrogens with zero attached hydrogens (tertiary/aromatic N) is 3. The fourth-order valence-electron chi connectivity index (χ4n) is 4.46. The third kappa shape index (κ3) is 14.2. The van der Waals surface area contributed by atoms with Gasteiger partial charge in [0.2, 0.25) is 0 Å². The Labute approximate surface area is 215 Å². The molecule has 0 bridgehead atoms. The summed E-state index contributed by atoms with van der Waals surface area (Å²) < 4.78 is 5.84. The molecule has 2 heterocycles. The van der Waals surface area contributed by atoms with E-state index in [0.29, 0.717) is 5.82 Å². The summed E-state index contributed by atoms with van der Waals surface area (Å²) in [5, 5.41) is 0. The predicted molar refractivity (Wildman–Crippen MR) is 149 cm³/mol. The molecule has 0 saturated carbocycles. The summed E-state index contributed by atoms with van der Waals surface area (Å²) in [6.07, 6.45) is 30.6. The van der Waals surface area contributed by atoms with Crippen LogP contribution in [0.5, 0.6) is 5.75 Å². The van der Waals surface area contributed by atoms with Gasteiger partial charge < -0.3 is 4.74 Å². The van der Waals surface area contributed by atoms with Gasteiger partial charge in [-0.05, 0) is 31.4 Å². The van der Waals surface area contributed by atoms with Gasteiger partial charge in [0.1, 0.15) is 0 Å². The van der Waals surface area contributed by atoms with Crippen LogP contribution in [0, 0.1) is 0 Å². The minimum absolute atomic E-state index is 0.711. The molecule has 0 unspecified atom stereocenters. The zero-order valence-electron chi connectivity index (χ0n) is 22.8. The number of rotatable bonds is 22. The molecule has 0 fully saturated rings. The molecule has 196 valence electrons. The molecule has 0 spiro atoms. The first-order chi connectivity index (χ1) is 17.3. The van der Waals surface area contributed by atoms with Gasteiger partial charge in [0, 0.05) is 17.5 Å². The van der Waals surface area contributed by atoms with E-state index in [1.807, 2.05) is 6.20 Å². The van der Waals surface area contributed by atoms with Crippen LogP contribution in [0.15, 0.2) is 30.7 Å². The minimum Gasteiger partial charge on any atom is -0.490 e. The lowest BCUT2D eigenvalue weighted by Crippen LogP contribution is -1.99. The largest absolute Gasteiger partial charge is 0.490 e. The van der Waals surface area contributed by atoms with Crippen molar-refractivity contribution in [3.05, 3.63) is 36.4 Å². The third-order valence-corrected chi connectivity index (χ3v) is 6.76. The molecular formula is C31H51N3O. The van der Waals surface area contributed by atoms with Crippen molar-refractivity contribution in [1.29, 1.82) is 0 Å². The van der Waals surface area contributed by atoms with Crippen LogP contribution in [0.3, 0.4) is 0 Å². The van der Waals surface area contributed by atoms with E-state index in [1.165, 1.54) is 109 Å². The number of hydrogen-bond acceptors (Lipinski definition) is 4. The molecular weight excluding hydrogens is 430 g/mol. The normalized spacial score (nSPS) is 11.1. The van der Waals surface area contributed by atoms with Crippen LogP contribution < -0.4 is 4.74 Å². The molecule has 4 heteroatoms. The van der Waals surface area contributed by atoms with Crippen molar-refractivity contribution in [1.82, 2.24) is 15.0 Å². The first-order valence-electron chi connectivity index (χ1n) is 14.7. The fourth-order valence-corrected chi connectivity index (χ4v) is 4.46. The van der Waals surface area contributed by atoms with Crippen LogP contribution in [-0.2, 0) is 6.42 Å². The average Bonchev–Trinajstić information content (AvgIpc) is 2.89. The average molecular weight is 482 g/mol. The Bertz CT molecular complexity index is 730. The molecule has 2 rings (SSSR count). The van der Waals surface area contributed by atoms with Gasteiger partial charge in [0.25, 0.3) is 0 Å². The standard InChI is InChI=1S/C31H51N3O/c1-3-5-7-9-11-13-14-16-18-20-24-35-30-26-33-31(34-27-30)28-22-23-29(32-25-28)21-19-17-15-12-10-8-6-4-2/h22-23,25-27H,3-21,24H2,1-2H3. The molecule has 0 aliphatic rings. The molecule has 0 radical (unpaired) electrons. The van der Waals surface area contributed by atoms with Gasteiger partial charge in [-0.25, -0.2) is 9.97 Å². The number of ether oxygens (including phenoxy) is 1. The molecule has 2 aromatic heterocycles. The lowest BCUT2D eigenvalue weighted by Gasteiger charge is -2.07.